The summed E-state index contributed by atoms with van der Waals surface area (Å²) < 4.78 is 2.05. The number of piperidine rings is 1. The molecule has 1 aliphatic rings. The highest BCUT2D eigenvalue weighted by Gasteiger charge is 2.31. The Hall–Kier alpha value is -4.33. The Morgan fingerprint density at radius 3 is 2.71 bits per heavy atom. The second kappa shape index (κ2) is 11.0. The van der Waals surface area contributed by atoms with Gasteiger partial charge in [-0.3, -0.25) is 19.0 Å². The number of hydrogen-bond donors (Lipinski definition) is 1. The first-order valence-electron chi connectivity index (χ1n) is 13.1. The average molecular weight is 509 g/mol. The molecule has 1 aliphatic heterocycles. The molecule has 0 spiro atoms. The number of nitrogens with one attached hydrogen (secondary N) is 1. The van der Waals surface area contributed by atoms with Gasteiger partial charge in [-0.25, -0.2) is 9.97 Å². The molecule has 1 unspecified atom stereocenters. The standard InChI is InChI=1S/C30H32N6O2/c1-4-8-21-14-15-32-25(19-21)33-30(38)23-12-10-22(11-13-23)27-28-20(3)31-16-18-36(28)29(34-27)24-9-6-7-17-35(24)26(37)5-2/h5,10-16,18-19,24H,2,4,6-9,17H2,1,3H3,(H,32,33,38). The van der Waals surface area contributed by atoms with E-state index in [0.717, 1.165) is 66.0 Å². The van der Waals surface area contributed by atoms with Gasteiger partial charge in [0.2, 0.25) is 5.91 Å². The molecule has 1 atom stereocenters. The predicted octanol–water partition coefficient (Wildman–Crippen LogP) is 5.54. The van der Waals surface area contributed by atoms with Crippen LogP contribution in [0.2, 0.25) is 0 Å². The van der Waals surface area contributed by atoms with Gasteiger partial charge in [0, 0.05) is 36.3 Å². The third-order valence-electron chi connectivity index (χ3n) is 7.05. The molecule has 38 heavy (non-hydrogen) atoms. The third kappa shape index (κ3) is 4.94. The number of aryl methyl sites for hydroxylation is 2. The van der Waals surface area contributed by atoms with Crippen LogP contribution in [0.25, 0.3) is 16.8 Å². The van der Waals surface area contributed by atoms with Crippen LogP contribution in [0.1, 0.15) is 66.1 Å². The first kappa shape index (κ1) is 25.3. The molecule has 1 fully saturated rings. The first-order chi connectivity index (χ1) is 18.5. The Morgan fingerprint density at radius 1 is 1.13 bits per heavy atom. The van der Waals surface area contributed by atoms with E-state index >= 15 is 0 Å². The largest absolute Gasteiger partial charge is 0.329 e. The smallest absolute Gasteiger partial charge is 0.256 e. The fraction of sp³-hybridized carbons (Fsp3) is 0.300. The minimum absolute atomic E-state index is 0.0798. The van der Waals surface area contributed by atoms with Crippen molar-refractivity contribution in [2.75, 3.05) is 11.9 Å². The predicted molar refractivity (Wildman–Crippen MR) is 148 cm³/mol. The summed E-state index contributed by atoms with van der Waals surface area (Å²) in [6, 6.07) is 11.1. The molecule has 4 heterocycles. The zero-order valence-corrected chi connectivity index (χ0v) is 21.9. The second-order valence-electron chi connectivity index (χ2n) is 9.63. The van der Waals surface area contributed by atoms with Crippen molar-refractivity contribution in [2.45, 2.75) is 52.0 Å². The van der Waals surface area contributed by atoms with E-state index in [1.165, 1.54) is 6.08 Å². The van der Waals surface area contributed by atoms with Crippen molar-refractivity contribution in [1.29, 1.82) is 0 Å². The van der Waals surface area contributed by atoms with E-state index in [-0.39, 0.29) is 17.9 Å². The Kier molecular flexibility index (Phi) is 7.31. The lowest BCUT2D eigenvalue weighted by Gasteiger charge is -2.34. The van der Waals surface area contributed by atoms with Gasteiger partial charge in [0.1, 0.15) is 11.6 Å². The minimum atomic E-state index is -0.216. The van der Waals surface area contributed by atoms with Gasteiger partial charge in [0.15, 0.2) is 0 Å². The molecular formula is C30H32N6O2. The zero-order chi connectivity index (χ0) is 26.6. The van der Waals surface area contributed by atoms with Crippen molar-refractivity contribution in [3.8, 4) is 11.3 Å². The maximum absolute atomic E-state index is 12.9. The van der Waals surface area contributed by atoms with E-state index in [1.807, 2.05) is 46.7 Å². The number of benzene rings is 1. The number of nitrogens with zero attached hydrogens (tertiary/aromatic N) is 5. The number of hydrogen-bond acceptors (Lipinski definition) is 5. The number of pyridine rings is 1. The molecule has 8 heteroatoms. The van der Waals surface area contributed by atoms with Crippen LogP contribution in [0.4, 0.5) is 5.82 Å². The maximum Gasteiger partial charge on any atom is 0.256 e. The van der Waals surface area contributed by atoms with Crippen LogP contribution in [0.15, 0.2) is 67.6 Å². The van der Waals surface area contributed by atoms with Gasteiger partial charge in [-0.1, -0.05) is 32.1 Å². The van der Waals surface area contributed by atoms with Gasteiger partial charge in [0.25, 0.3) is 5.91 Å². The normalized spacial score (nSPS) is 15.4. The fourth-order valence-corrected chi connectivity index (χ4v) is 5.19. The highest BCUT2D eigenvalue weighted by atomic mass is 16.2. The number of aromatic nitrogens is 4. The summed E-state index contributed by atoms with van der Waals surface area (Å²) in [5, 5.41) is 2.90. The Bertz CT molecular complexity index is 1490. The summed E-state index contributed by atoms with van der Waals surface area (Å²) in [6.45, 7) is 8.45. The van der Waals surface area contributed by atoms with E-state index in [4.69, 9.17) is 4.98 Å². The number of likely N-dealkylation sites (tertiary alicyclic amines) is 1. The van der Waals surface area contributed by atoms with Gasteiger partial charge in [-0.15, -0.1) is 0 Å². The second-order valence-corrected chi connectivity index (χ2v) is 9.63. The lowest BCUT2D eigenvalue weighted by atomic mass is 10.0. The van der Waals surface area contributed by atoms with Crippen molar-refractivity contribution in [2.24, 2.45) is 0 Å². The van der Waals surface area contributed by atoms with Crippen LogP contribution >= 0.6 is 0 Å². The van der Waals surface area contributed by atoms with Gasteiger partial charge < -0.3 is 10.2 Å². The molecule has 5 rings (SSSR count). The molecule has 2 amide bonds. The van der Waals surface area contributed by atoms with Crippen molar-refractivity contribution in [1.82, 2.24) is 24.3 Å². The summed E-state index contributed by atoms with van der Waals surface area (Å²) in [7, 11) is 0. The topological polar surface area (TPSA) is 92.5 Å². The van der Waals surface area contributed by atoms with Gasteiger partial charge in [-0.05, 0) is 68.5 Å². The molecule has 0 bridgehead atoms. The summed E-state index contributed by atoms with van der Waals surface area (Å²) in [6.07, 6.45) is 11.6. The lowest BCUT2D eigenvalue weighted by molar-refractivity contribution is -0.129. The Morgan fingerprint density at radius 2 is 1.95 bits per heavy atom. The number of carbonyl (C=O) groups is 2. The van der Waals surface area contributed by atoms with Crippen LogP contribution in [0.3, 0.4) is 0 Å². The number of fused-ring (bicyclic) bond motifs is 1. The molecule has 0 radical (unpaired) electrons. The monoisotopic (exact) mass is 508 g/mol. The molecule has 1 saturated heterocycles. The fourth-order valence-electron chi connectivity index (χ4n) is 5.19. The lowest BCUT2D eigenvalue weighted by Crippen LogP contribution is -2.38. The molecule has 194 valence electrons. The number of imidazole rings is 1. The molecule has 1 aromatic carbocycles. The number of anilines is 1. The van der Waals surface area contributed by atoms with E-state index < -0.39 is 0 Å². The van der Waals surface area contributed by atoms with Crippen LogP contribution in [-0.4, -0.2) is 42.6 Å². The number of rotatable bonds is 7. The molecule has 8 nitrogen and oxygen atoms in total. The van der Waals surface area contributed by atoms with Gasteiger partial charge >= 0.3 is 0 Å². The Balaban J connectivity index is 1.46. The van der Waals surface area contributed by atoms with E-state index in [9.17, 15) is 9.59 Å². The van der Waals surface area contributed by atoms with Crippen molar-refractivity contribution in [3.05, 3.63) is 90.3 Å². The minimum Gasteiger partial charge on any atom is -0.329 e. The Labute approximate surface area is 222 Å². The van der Waals surface area contributed by atoms with Crippen molar-refractivity contribution >= 4 is 23.1 Å². The molecule has 0 aliphatic carbocycles. The highest BCUT2D eigenvalue weighted by Crippen LogP contribution is 2.35. The number of carbonyl (C=O) groups excluding carboxylic acids is 2. The van der Waals surface area contributed by atoms with Gasteiger partial charge in [0.05, 0.1) is 22.9 Å². The summed E-state index contributed by atoms with van der Waals surface area (Å²) >= 11 is 0. The SMILES string of the molecule is C=CC(=O)N1CCCCC1c1nc(-c2ccc(C(=O)Nc3cc(CCC)ccn3)cc2)c2c(C)nccn12. The average Bonchev–Trinajstić information content (AvgIpc) is 3.34. The van der Waals surface area contributed by atoms with Crippen LogP contribution in [0, 0.1) is 6.92 Å². The van der Waals surface area contributed by atoms with E-state index in [1.54, 1.807) is 24.5 Å². The summed E-state index contributed by atoms with van der Waals surface area (Å²) in [4.78, 5) is 41.3. The quantitative estimate of drug-likeness (QED) is 0.331. The van der Waals surface area contributed by atoms with Crippen LogP contribution in [0.5, 0.6) is 0 Å². The number of amides is 2. The third-order valence-corrected chi connectivity index (χ3v) is 7.05. The molecular weight excluding hydrogens is 476 g/mol. The molecule has 3 aromatic heterocycles. The first-order valence-corrected chi connectivity index (χ1v) is 13.1. The van der Waals surface area contributed by atoms with Gasteiger partial charge in [-0.2, -0.15) is 0 Å². The summed E-state index contributed by atoms with van der Waals surface area (Å²) in [5.41, 5.74) is 5.08. The summed E-state index contributed by atoms with van der Waals surface area (Å²) in [5.74, 6) is 1.06. The molecule has 1 N–H and O–H groups in total. The van der Waals surface area contributed by atoms with E-state index in [0.29, 0.717) is 17.9 Å². The molecule has 4 aromatic rings. The van der Waals surface area contributed by atoms with Crippen molar-refractivity contribution < 1.29 is 9.59 Å². The molecule has 0 saturated carbocycles. The maximum atomic E-state index is 12.9. The highest BCUT2D eigenvalue weighted by molar-refractivity contribution is 6.04. The van der Waals surface area contributed by atoms with E-state index in [2.05, 4.69) is 28.8 Å². The van der Waals surface area contributed by atoms with Crippen LogP contribution in [-0.2, 0) is 11.2 Å². The zero-order valence-electron chi connectivity index (χ0n) is 21.9. The van der Waals surface area contributed by atoms with Crippen molar-refractivity contribution in [3.63, 3.8) is 0 Å². The van der Waals surface area contributed by atoms with Crippen LogP contribution < -0.4 is 5.32 Å².